The van der Waals surface area contributed by atoms with E-state index in [0.29, 0.717) is 17.7 Å². The summed E-state index contributed by atoms with van der Waals surface area (Å²) in [6, 6.07) is 8.47. The number of hydrogen-bond acceptors (Lipinski definition) is 9. The highest BCUT2D eigenvalue weighted by molar-refractivity contribution is 5.78. The van der Waals surface area contributed by atoms with Gasteiger partial charge in [0.1, 0.15) is 17.5 Å². The molecule has 0 unspecified atom stereocenters. The van der Waals surface area contributed by atoms with Crippen LogP contribution < -0.4 is 20.9 Å². The van der Waals surface area contributed by atoms with Crippen LogP contribution in [0.2, 0.25) is 0 Å². The number of pyridine rings is 2. The second-order valence-corrected chi connectivity index (χ2v) is 8.60. The Morgan fingerprint density at radius 1 is 0.939 bits per heavy atom. The number of rotatable bonds is 6. The largest absolute Gasteiger partial charge is 0.393 e. The molecule has 0 aromatic carbocycles. The normalized spacial score (nSPS) is 20.9. The van der Waals surface area contributed by atoms with Gasteiger partial charge in [-0.1, -0.05) is 0 Å². The Morgan fingerprint density at radius 2 is 1.79 bits per heavy atom. The fourth-order valence-corrected chi connectivity index (χ4v) is 4.43. The van der Waals surface area contributed by atoms with Crippen LogP contribution in [0, 0.1) is 0 Å². The number of piperazine rings is 1. The zero-order valence-electron chi connectivity index (χ0n) is 18.6. The van der Waals surface area contributed by atoms with Gasteiger partial charge < -0.3 is 26.0 Å². The van der Waals surface area contributed by atoms with E-state index < -0.39 is 0 Å². The summed E-state index contributed by atoms with van der Waals surface area (Å²) in [4.78, 5) is 20.3. The van der Waals surface area contributed by atoms with E-state index in [4.69, 9.17) is 4.98 Å². The van der Waals surface area contributed by atoms with Crippen molar-refractivity contribution in [1.82, 2.24) is 25.3 Å². The average molecular weight is 447 g/mol. The number of nitrogens with one attached hydrogen (secondary N) is 3. The van der Waals surface area contributed by atoms with Gasteiger partial charge in [-0.25, -0.2) is 15.0 Å². The van der Waals surface area contributed by atoms with Crippen molar-refractivity contribution in [2.45, 2.75) is 37.8 Å². The minimum atomic E-state index is -0.180. The molecule has 2 fully saturated rings. The monoisotopic (exact) mass is 446 g/mol. The Balaban J connectivity index is 1.46. The van der Waals surface area contributed by atoms with Gasteiger partial charge in [0, 0.05) is 56.4 Å². The number of aliphatic hydroxyl groups excluding tert-OH is 1. The molecule has 1 saturated carbocycles. The quantitative estimate of drug-likeness (QED) is 0.454. The summed E-state index contributed by atoms with van der Waals surface area (Å²) in [5.74, 6) is 2.32. The van der Waals surface area contributed by atoms with Gasteiger partial charge in [0.05, 0.1) is 23.7 Å². The summed E-state index contributed by atoms with van der Waals surface area (Å²) in [5, 5.41) is 20.2. The Labute approximate surface area is 193 Å². The van der Waals surface area contributed by atoms with Crippen molar-refractivity contribution < 1.29 is 5.11 Å². The number of aromatic nitrogens is 4. The van der Waals surface area contributed by atoms with Crippen LogP contribution in [-0.4, -0.2) is 63.4 Å². The van der Waals surface area contributed by atoms with Gasteiger partial charge in [-0.2, -0.15) is 0 Å². The molecule has 9 heteroatoms. The van der Waals surface area contributed by atoms with E-state index in [0.717, 1.165) is 74.6 Å². The third kappa shape index (κ3) is 5.37. The van der Waals surface area contributed by atoms with Gasteiger partial charge in [-0.15, -0.1) is 0 Å². The van der Waals surface area contributed by atoms with E-state index in [-0.39, 0.29) is 6.10 Å². The predicted molar refractivity (Wildman–Crippen MR) is 130 cm³/mol. The van der Waals surface area contributed by atoms with Gasteiger partial charge in [-0.05, 0) is 49.9 Å². The molecule has 3 aromatic rings. The molecule has 9 nitrogen and oxygen atoms in total. The van der Waals surface area contributed by atoms with E-state index >= 15 is 0 Å². The van der Waals surface area contributed by atoms with Crippen LogP contribution >= 0.6 is 0 Å². The van der Waals surface area contributed by atoms with Crippen LogP contribution in [0.1, 0.15) is 25.7 Å². The molecule has 4 N–H and O–H groups in total. The third-order valence-electron chi connectivity index (χ3n) is 6.23. The van der Waals surface area contributed by atoms with Gasteiger partial charge in [0.25, 0.3) is 0 Å². The number of aliphatic hydroxyl groups is 1. The molecule has 0 amide bonds. The molecular formula is C24H30N8O. The lowest BCUT2D eigenvalue weighted by Gasteiger charge is -2.29. The smallest absolute Gasteiger partial charge is 0.150 e. The Hall–Kier alpha value is -3.30. The molecule has 1 saturated heterocycles. The fraction of sp³-hybridized carbons (Fsp3) is 0.417. The van der Waals surface area contributed by atoms with E-state index in [1.807, 2.05) is 18.3 Å². The van der Waals surface area contributed by atoms with Crippen molar-refractivity contribution in [1.29, 1.82) is 0 Å². The van der Waals surface area contributed by atoms with Crippen molar-refractivity contribution in [3.8, 4) is 11.3 Å². The first-order valence-electron chi connectivity index (χ1n) is 11.7. The first kappa shape index (κ1) is 21.5. The molecule has 33 heavy (non-hydrogen) atoms. The first-order valence-corrected chi connectivity index (χ1v) is 11.7. The lowest BCUT2D eigenvalue weighted by atomic mass is 9.93. The van der Waals surface area contributed by atoms with E-state index in [2.05, 4.69) is 47.9 Å². The average Bonchev–Trinajstić information content (AvgIpc) is 2.87. The molecule has 0 atom stereocenters. The van der Waals surface area contributed by atoms with Crippen LogP contribution in [-0.2, 0) is 0 Å². The zero-order valence-corrected chi connectivity index (χ0v) is 18.6. The topological polar surface area (TPSA) is 111 Å². The van der Waals surface area contributed by atoms with Crippen molar-refractivity contribution >= 4 is 23.1 Å². The Bertz CT molecular complexity index is 1050. The van der Waals surface area contributed by atoms with Crippen LogP contribution in [0.4, 0.5) is 23.1 Å². The molecule has 0 bridgehead atoms. The number of nitrogens with zero attached hydrogens (tertiary/aromatic N) is 5. The summed E-state index contributed by atoms with van der Waals surface area (Å²) < 4.78 is 0. The molecular weight excluding hydrogens is 416 g/mol. The van der Waals surface area contributed by atoms with Crippen molar-refractivity contribution in [3.05, 3.63) is 49.1 Å². The number of hydrogen-bond donors (Lipinski definition) is 4. The molecule has 172 valence electrons. The first-order chi connectivity index (χ1) is 16.2. The Morgan fingerprint density at radius 3 is 2.58 bits per heavy atom. The van der Waals surface area contributed by atoms with E-state index in [9.17, 15) is 5.11 Å². The van der Waals surface area contributed by atoms with E-state index in [1.54, 1.807) is 18.6 Å². The predicted octanol–water partition coefficient (Wildman–Crippen LogP) is 2.80. The molecule has 0 spiro atoms. The summed E-state index contributed by atoms with van der Waals surface area (Å²) in [7, 11) is 0. The van der Waals surface area contributed by atoms with Crippen molar-refractivity contribution in [3.63, 3.8) is 0 Å². The lowest BCUT2D eigenvalue weighted by Crippen LogP contribution is -2.43. The second kappa shape index (κ2) is 10.1. The van der Waals surface area contributed by atoms with E-state index in [1.165, 1.54) is 0 Å². The minimum Gasteiger partial charge on any atom is -0.393 e. The minimum absolute atomic E-state index is 0.180. The highest BCUT2D eigenvalue weighted by atomic mass is 16.3. The van der Waals surface area contributed by atoms with Gasteiger partial charge in [0.15, 0.2) is 0 Å². The maximum Gasteiger partial charge on any atom is 0.150 e. The molecule has 4 heterocycles. The van der Waals surface area contributed by atoms with Gasteiger partial charge in [-0.3, -0.25) is 4.98 Å². The fourth-order valence-electron chi connectivity index (χ4n) is 4.43. The molecule has 1 aliphatic carbocycles. The van der Waals surface area contributed by atoms with Crippen LogP contribution in [0.15, 0.2) is 49.1 Å². The summed E-state index contributed by atoms with van der Waals surface area (Å²) in [6.45, 7) is 3.80. The van der Waals surface area contributed by atoms with Crippen molar-refractivity contribution in [2.24, 2.45) is 0 Å². The Kier molecular flexibility index (Phi) is 6.59. The third-order valence-corrected chi connectivity index (χ3v) is 6.23. The molecule has 2 aliphatic rings. The highest BCUT2D eigenvalue weighted by Crippen LogP contribution is 2.32. The van der Waals surface area contributed by atoms with Crippen molar-refractivity contribution in [2.75, 3.05) is 41.7 Å². The summed E-state index contributed by atoms with van der Waals surface area (Å²) in [6.07, 6.45) is 10.2. The molecule has 5 rings (SSSR count). The highest BCUT2D eigenvalue weighted by Gasteiger charge is 2.21. The molecule has 3 aromatic heterocycles. The number of anilines is 4. The lowest BCUT2D eigenvalue weighted by molar-refractivity contribution is 0.126. The zero-order chi connectivity index (χ0) is 22.5. The van der Waals surface area contributed by atoms with Crippen LogP contribution in [0.25, 0.3) is 11.3 Å². The maximum atomic E-state index is 9.88. The maximum absolute atomic E-state index is 9.88. The van der Waals surface area contributed by atoms with Gasteiger partial charge >= 0.3 is 0 Å². The van der Waals surface area contributed by atoms with Crippen LogP contribution in [0.5, 0.6) is 0 Å². The van der Waals surface area contributed by atoms with Crippen LogP contribution in [0.3, 0.4) is 0 Å². The second-order valence-electron chi connectivity index (χ2n) is 8.60. The SMILES string of the molecule is OC1CCC(Nc2ccc(Nc3cnccn3)nc2-c2ccnc(N3CCNCC3)c2)CC1. The summed E-state index contributed by atoms with van der Waals surface area (Å²) in [5.41, 5.74) is 2.87. The standard InChI is InChI=1S/C24H30N8O/c33-19-3-1-18(2-4-19)29-20-5-6-21(30-22-16-26-9-10-27-22)31-24(20)17-7-8-28-23(15-17)32-13-11-25-12-14-32/h5-10,15-16,18-19,25,29,33H,1-4,11-14H2,(H,27,30,31). The molecule has 0 radical (unpaired) electrons. The molecule has 1 aliphatic heterocycles. The van der Waals surface area contributed by atoms with Gasteiger partial charge in [0.2, 0.25) is 0 Å². The summed E-state index contributed by atoms with van der Waals surface area (Å²) >= 11 is 0.